The highest BCUT2D eigenvalue weighted by Crippen LogP contribution is 2.40. The fourth-order valence-electron chi connectivity index (χ4n) is 3.23. The Hall–Kier alpha value is -1.93. The van der Waals surface area contributed by atoms with Crippen molar-refractivity contribution >= 4 is 5.70 Å². The predicted molar refractivity (Wildman–Crippen MR) is 92.1 cm³/mol. The molecule has 0 bridgehead atoms. The van der Waals surface area contributed by atoms with Gasteiger partial charge in [0.2, 0.25) is 11.4 Å². The van der Waals surface area contributed by atoms with Crippen LogP contribution >= 0.6 is 0 Å². The Morgan fingerprint density at radius 1 is 1.05 bits per heavy atom. The summed E-state index contributed by atoms with van der Waals surface area (Å²) in [5.41, 5.74) is 11.0. The number of aryl methyl sites for hydroxylation is 1. The Morgan fingerprint density at radius 2 is 1.73 bits per heavy atom. The van der Waals surface area contributed by atoms with Gasteiger partial charge in [-0.2, -0.15) is 4.57 Å². The molecule has 2 nitrogen and oxygen atoms in total. The molecule has 1 unspecified atom stereocenters. The summed E-state index contributed by atoms with van der Waals surface area (Å²) in [6.07, 6.45) is 4.13. The molecule has 0 aliphatic carbocycles. The van der Waals surface area contributed by atoms with Gasteiger partial charge in [-0.05, 0) is 49.5 Å². The average Bonchev–Trinajstić information content (AvgIpc) is 2.53. The average molecular weight is 293 g/mol. The van der Waals surface area contributed by atoms with Gasteiger partial charge in [0.15, 0.2) is 6.20 Å². The lowest BCUT2D eigenvalue weighted by molar-refractivity contribution is -0.575. The first-order valence-corrected chi connectivity index (χ1v) is 7.92. The Bertz CT molecular complexity index is 726. The third kappa shape index (κ3) is 2.19. The third-order valence-electron chi connectivity index (χ3n) is 5.47. The van der Waals surface area contributed by atoms with Crippen LogP contribution in [-0.4, -0.2) is 5.54 Å². The minimum Gasteiger partial charge on any atom is -0.316 e. The molecule has 1 aliphatic rings. The van der Waals surface area contributed by atoms with Gasteiger partial charge in [-0.3, -0.25) is 0 Å². The normalized spacial score (nSPS) is 23.7. The summed E-state index contributed by atoms with van der Waals surface area (Å²) in [6, 6.07) is 14.9. The zero-order chi connectivity index (χ0) is 16.0. The number of pyridine rings is 1. The van der Waals surface area contributed by atoms with E-state index in [0.29, 0.717) is 0 Å². The van der Waals surface area contributed by atoms with E-state index in [4.69, 9.17) is 5.73 Å². The highest BCUT2D eigenvalue weighted by molar-refractivity contribution is 5.63. The molecule has 0 fully saturated rings. The second kappa shape index (κ2) is 5.06. The molecule has 1 aromatic heterocycles. The second-order valence-electron chi connectivity index (χ2n) is 7.15. The van der Waals surface area contributed by atoms with E-state index < -0.39 is 5.54 Å². The van der Waals surface area contributed by atoms with Gasteiger partial charge < -0.3 is 5.73 Å². The molecule has 2 heterocycles. The molecule has 0 saturated carbocycles. The van der Waals surface area contributed by atoms with Crippen LogP contribution < -0.4 is 10.3 Å². The van der Waals surface area contributed by atoms with Crippen LogP contribution in [0.1, 0.15) is 32.8 Å². The van der Waals surface area contributed by atoms with Gasteiger partial charge in [0.1, 0.15) is 5.54 Å². The van der Waals surface area contributed by atoms with Gasteiger partial charge in [0.25, 0.3) is 0 Å². The van der Waals surface area contributed by atoms with Gasteiger partial charge in [-0.1, -0.05) is 32.0 Å². The molecule has 1 atom stereocenters. The molecule has 1 aliphatic heterocycles. The van der Waals surface area contributed by atoms with Crippen LogP contribution in [0.3, 0.4) is 0 Å². The van der Waals surface area contributed by atoms with Crippen molar-refractivity contribution in [1.82, 2.24) is 0 Å². The molecule has 0 radical (unpaired) electrons. The molecular weight excluding hydrogens is 268 g/mol. The van der Waals surface area contributed by atoms with E-state index in [1.807, 2.05) is 6.07 Å². The number of nitrogens with two attached hydrogens (primary N) is 1. The predicted octanol–water partition coefficient (Wildman–Crippen LogP) is 3.80. The fraction of sp³-hybridized carbons (Fsp3) is 0.350. The monoisotopic (exact) mass is 293 g/mol. The van der Waals surface area contributed by atoms with E-state index in [1.54, 1.807) is 0 Å². The van der Waals surface area contributed by atoms with Gasteiger partial charge in [-0.25, -0.2) is 0 Å². The van der Waals surface area contributed by atoms with Crippen LogP contribution in [0.15, 0.2) is 55.2 Å². The van der Waals surface area contributed by atoms with Gasteiger partial charge >= 0.3 is 0 Å². The highest BCUT2D eigenvalue weighted by atomic mass is 15.0. The zero-order valence-electron chi connectivity index (χ0n) is 13.8. The van der Waals surface area contributed by atoms with E-state index >= 15 is 0 Å². The van der Waals surface area contributed by atoms with E-state index in [-0.39, 0.29) is 5.41 Å². The van der Waals surface area contributed by atoms with E-state index in [2.05, 4.69) is 74.5 Å². The molecule has 0 amide bonds. The van der Waals surface area contributed by atoms with Crippen molar-refractivity contribution in [3.63, 3.8) is 0 Å². The van der Waals surface area contributed by atoms with Crippen molar-refractivity contribution in [2.75, 3.05) is 0 Å². The standard InChI is InChI=1S/C20H25N2/c1-15-20(4,21)19(2,3)13-12-16-9-5-6-10-17(16)18-11-7-8-14-22(15)18/h5-11,14H,1,12-13,21H2,2-4H3/q+1. The summed E-state index contributed by atoms with van der Waals surface area (Å²) >= 11 is 0. The van der Waals surface area contributed by atoms with Crippen molar-refractivity contribution in [1.29, 1.82) is 0 Å². The minimum absolute atomic E-state index is 0.0400. The van der Waals surface area contributed by atoms with Crippen LogP contribution in [0.2, 0.25) is 0 Å². The maximum Gasteiger partial charge on any atom is 0.218 e. The van der Waals surface area contributed by atoms with Crippen molar-refractivity contribution in [3.05, 3.63) is 60.8 Å². The molecule has 2 aromatic rings. The number of nitrogens with zero attached hydrogens (tertiary/aromatic N) is 1. The van der Waals surface area contributed by atoms with Crippen LogP contribution in [0.25, 0.3) is 17.0 Å². The SMILES string of the molecule is C=C1[n+]2ccccc2-c2ccccc2CCC(C)(C)C1(C)N. The number of hydrogen-bond donors (Lipinski definition) is 1. The molecule has 2 heteroatoms. The molecule has 0 spiro atoms. The molecule has 2 N–H and O–H groups in total. The summed E-state index contributed by atoms with van der Waals surface area (Å²) in [4.78, 5) is 0. The van der Waals surface area contributed by atoms with Crippen molar-refractivity contribution in [2.24, 2.45) is 11.1 Å². The first-order valence-electron chi connectivity index (χ1n) is 7.92. The number of aromatic nitrogens is 1. The number of hydrogen-bond acceptors (Lipinski definition) is 1. The maximum atomic E-state index is 6.77. The molecule has 1 aromatic carbocycles. The topological polar surface area (TPSA) is 29.9 Å². The van der Waals surface area contributed by atoms with Crippen molar-refractivity contribution in [2.45, 2.75) is 39.2 Å². The van der Waals surface area contributed by atoms with Crippen molar-refractivity contribution < 1.29 is 4.57 Å². The summed E-state index contributed by atoms with van der Waals surface area (Å²) in [7, 11) is 0. The number of benzene rings is 1. The molecule has 3 rings (SSSR count). The fourth-order valence-corrected chi connectivity index (χ4v) is 3.23. The van der Waals surface area contributed by atoms with E-state index in [0.717, 1.165) is 24.2 Å². The Morgan fingerprint density at radius 3 is 2.50 bits per heavy atom. The lowest BCUT2D eigenvalue weighted by Gasteiger charge is -2.39. The lowest BCUT2D eigenvalue weighted by atomic mass is 9.69. The van der Waals surface area contributed by atoms with Crippen molar-refractivity contribution in [3.8, 4) is 11.3 Å². The van der Waals surface area contributed by atoms with Crippen LogP contribution in [-0.2, 0) is 6.42 Å². The quantitative estimate of drug-likeness (QED) is 0.736. The summed E-state index contributed by atoms with van der Waals surface area (Å²) in [5, 5.41) is 0. The summed E-state index contributed by atoms with van der Waals surface area (Å²) < 4.78 is 2.16. The maximum absolute atomic E-state index is 6.77. The largest absolute Gasteiger partial charge is 0.316 e. The van der Waals surface area contributed by atoms with Crippen LogP contribution in [0.5, 0.6) is 0 Å². The smallest absolute Gasteiger partial charge is 0.218 e. The summed E-state index contributed by atoms with van der Waals surface area (Å²) in [6.45, 7) is 11.0. The zero-order valence-corrected chi connectivity index (χ0v) is 13.8. The molecule has 114 valence electrons. The Balaban J connectivity index is 2.31. The Labute approximate surface area is 133 Å². The molecule has 22 heavy (non-hydrogen) atoms. The molecule has 0 saturated heterocycles. The minimum atomic E-state index is -0.476. The first-order chi connectivity index (χ1) is 10.3. The first kappa shape index (κ1) is 15.0. The van der Waals surface area contributed by atoms with Gasteiger partial charge in [-0.15, -0.1) is 0 Å². The van der Waals surface area contributed by atoms with Crippen LogP contribution in [0, 0.1) is 5.41 Å². The number of fused-ring (bicyclic) bond motifs is 3. The van der Waals surface area contributed by atoms with E-state index in [1.165, 1.54) is 11.1 Å². The molecular formula is C20H25N2+. The third-order valence-corrected chi connectivity index (χ3v) is 5.47. The van der Waals surface area contributed by atoms with Gasteiger partial charge in [0, 0.05) is 17.7 Å². The second-order valence-corrected chi connectivity index (χ2v) is 7.15. The Kier molecular flexibility index (Phi) is 3.45. The highest BCUT2D eigenvalue weighted by Gasteiger charge is 2.46. The number of rotatable bonds is 0. The van der Waals surface area contributed by atoms with Gasteiger partial charge in [0.05, 0.1) is 0 Å². The van der Waals surface area contributed by atoms with E-state index in [9.17, 15) is 0 Å². The summed E-state index contributed by atoms with van der Waals surface area (Å²) in [5.74, 6) is 0. The lowest BCUT2D eigenvalue weighted by Crippen LogP contribution is -2.58. The van der Waals surface area contributed by atoms with Crippen LogP contribution in [0.4, 0.5) is 0 Å².